The number of nitriles is 1. The van der Waals surface area contributed by atoms with E-state index in [1.165, 1.54) is 66.0 Å². The van der Waals surface area contributed by atoms with E-state index in [0.717, 1.165) is 33.5 Å². The van der Waals surface area contributed by atoms with Crippen molar-refractivity contribution in [3.05, 3.63) is 240 Å². The fourth-order valence-electron chi connectivity index (χ4n) is 10.1. The first-order valence-electron chi connectivity index (χ1n) is 20.2. The molecule has 0 fully saturated rings. The van der Waals surface area contributed by atoms with Gasteiger partial charge in [-0.3, -0.25) is 0 Å². The van der Waals surface area contributed by atoms with Crippen molar-refractivity contribution in [3.63, 3.8) is 0 Å². The van der Waals surface area contributed by atoms with E-state index >= 15 is 0 Å². The summed E-state index contributed by atoms with van der Waals surface area (Å²) in [6, 6.07) is 79.2. The quantitative estimate of drug-likeness (QED) is 0.172. The molecule has 11 aromatic rings. The lowest BCUT2D eigenvalue weighted by molar-refractivity contribution is 0.767. The van der Waals surface area contributed by atoms with Gasteiger partial charge in [0.1, 0.15) is 0 Å². The van der Waals surface area contributed by atoms with Gasteiger partial charge in [-0.25, -0.2) is 0 Å². The second-order valence-electron chi connectivity index (χ2n) is 15.6. The fraction of sp³-hybridized carbons (Fsp3) is 0.0179. The number of benzene rings is 9. The summed E-state index contributed by atoms with van der Waals surface area (Å²) in [6.45, 7) is 0. The van der Waals surface area contributed by atoms with Crippen molar-refractivity contribution in [2.24, 2.45) is 0 Å². The molecule has 0 unspecified atom stereocenters. The third kappa shape index (κ3) is 4.75. The molecule has 274 valence electrons. The standard InChI is InChI=1S/C56H35N3/c57-36-37-24-28-44-45-30-27-43(35-51(45)56(50(44)32-37,40-14-4-1-5-15-40)41-16-6-2-7-17-41)59-52-22-12-10-20-46(52)48-29-25-39(34-55(48)59)38-26-31-54-49(33-38)47-21-11-13-23-53(47)58(54)42-18-8-3-9-19-42/h1-35H. The molecule has 0 amide bonds. The fourth-order valence-corrected chi connectivity index (χ4v) is 10.1. The van der Waals surface area contributed by atoms with Crippen molar-refractivity contribution in [2.75, 3.05) is 0 Å². The van der Waals surface area contributed by atoms with E-state index in [4.69, 9.17) is 0 Å². The lowest BCUT2D eigenvalue weighted by atomic mass is 9.67. The Labute approximate surface area is 341 Å². The van der Waals surface area contributed by atoms with Crippen molar-refractivity contribution in [3.8, 4) is 39.7 Å². The lowest BCUT2D eigenvalue weighted by Crippen LogP contribution is -2.28. The Balaban J connectivity index is 1.10. The van der Waals surface area contributed by atoms with Gasteiger partial charge in [-0.2, -0.15) is 5.26 Å². The molecular formula is C56H35N3. The van der Waals surface area contributed by atoms with Gasteiger partial charge in [0.05, 0.1) is 39.1 Å². The molecule has 3 nitrogen and oxygen atoms in total. The minimum absolute atomic E-state index is 0.631. The van der Waals surface area contributed by atoms with Gasteiger partial charge in [0, 0.05) is 32.9 Å². The number of aromatic nitrogens is 2. The average molecular weight is 750 g/mol. The Kier molecular flexibility index (Phi) is 7.21. The highest BCUT2D eigenvalue weighted by atomic mass is 15.0. The topological polar surface area (TPSA) is 33.6 Å². The smallest absolute Gasteiger partial charge is 0.0991 e. The van der Waals surface area contributed by atoms with E-state index in [2.05, 4.69) is 221 Å². The van der Waals surface area contributed by atoms with Crippen LogP contribution in [0.2, 0.25) is 0 Å². The molecule has 0 radical (unpaired) electrons. The monoisotopic (exact) mass is 749 g/mol. The van der Waals surface area contributed by atoms with Crippen LogP contribution in [-0.2, 0) is 5.41 Å². The Morgan fingerprint density at radius 1 is 0.356 bits per heavy atom. The van der Waals surface area contributed by atoms with Crippen LogP contribution in [0.1, 0.15) is 27.8 Å². The minimum Gasteiger partial charge on any atom is -0.309 e. The number of hydrogen-bond donors (Lipinski definition) is 0. The number of fused-ring (bicyclic) bond motifs is 9. The highest BCUT2D eigenvalue weighted by molar-refractivity contribution is 6.12. The molecular weight excluding hydrogens is 715 g/mol. The summed E-state index contributed by atoms with van der Waals surface area (Å²) in [5.74, 6) is 0. The number of hydrogen-bond acceptors (Lipinski definition) is 1. The highest BCUT2D eigenvalue weighted by Crippen LogP contribution is 2.57. The van der Waals surface area contributed by atoms with Crippen molar-refractivity contribution < 1.29 is 0 Å². The predicted molar refractivity (Wildman–Crippen MR) is 243 cm³/mol. The lowest BCUT2D eigenvalue weighted by Gasteiger charge is -2.34. The maximum Gasteiger partial charge on any atom is 0.0991 e. The Bertz CT molecular complexity index is 3450. The van der Waals surface area contributed by atoms with Crippen LogP contribution in [0.4, 0.5) is 0 Å². The second-order valence-corrected chi connectivity index (χ2v) is 15.6. The number of nitrogens with zero attached hydrogens (tertiary/aromatic N) is 3. The van der Waals surface area contributed by atoms with E-state index in [9.17, 15) is 5.26 Å². The van der Waals surface area contributed by atoms with Crippen LogP contribution in [0.3, 0.4) is 0 Å². The Hall–Kier alpha value is -7.93. The van der Waals surface area contributed by atoms with Crippen molar-refractivity contribution in [1.29, 1.82) is 5.26 Å². The first-order chi connectivity index (χ1) is 29.2. The summed E-state index contributed by atoms with van der Waals surface area (Å²) < 4.78 is 4.81. The maximum atomic E-state index is 10.2. The zero-order chi connectivity index (χ0) is 39.1. The van der Waals surface area contributed by atoms with E-state index in [1.54, 1.807) is 0 Å². The minimum atomic E-state index is -0.631. The van der Waals surface area contributed by atoms with Crippen molar-refractivity contribution in [1.82, 2.24) is 9.13 Å². The van der Waals surface area contributed by atoms with Gasteiger partial charge in [0.2, 0.25) is 0 Å². The first-order valence-corrected chi connectivity index (χ1v) is 20.2. The summed E-state index contributed by atoms with van der Waals surface area (Å²) in [4.78, 5) is 0. The molecule has 0 N–H and O–H groups in total. The SMILES string of the molecule is N#Cc1ccc2c(c1)C(c1ccccc1)(c1ccccc1)c1cc(-n3c4ccccc4c4ccc(-c5ccc6c(c5)c5ccccc5n6-c5ccccc5)cc43)ccc1-2. The van der Waals surface area contributed by atoms with Crippen LogP contribution in [0, 0.1) is 11.3 Å². The molecule has 1 aliphatic rings. The molecule has 0 saturated carbocycles. The maximum absolute atomic E-state index is 10.2. The van der Waals surface area contributed by atoms with E-state index < -0.39 is 5.41 Å². The molecule has 1 aliphatic carbocycles. The number of rotatable bonds is 5. The van der Waals surface area contributed by atoms with Crippen molar-refractivity contribution in [2.45, 2.75) is 5.41 Å². The molecule has 2 heterocycles. The molecule has 3 heteroatoms. The Morgan fingerprint density at radius 2 is 0.864 bits per heavy atom. The van der Waals surface area contributed by atoms with E-state index in [1.807, 2.05) is 6.07 Å². The van der Waals surface area contributed by atoms with Gasteiger partial charge < -0.3 is 9.13 Å². The first kappa shape index (κ1) is 33.2. The van der Waals surface area contributed by atoms with Gasteiger partial charge in [-0.15, -0.1) is 0 Å². The van der Waals surface area contributed by atoms with Gasteiger partial charge >= 0.3 is 0 Å². The summed E-state index contributed by atoms with van der Waals surface area (Å²) in [6.07, 6.45) is 0. The number of para-hydroxylation sites is 3. The van der Waals surface area contributed by atoms with Crippen LogP contribution in [0.15, 0.2) is 212 Å². The van der Waals surface area contributed by atoms with Gasteiger partial charge in [-0.1, -0.05) is 146 Å². The van der Waals surface area contributed by atoms with Crippen LogP contribution in [0.25, 0.3) is 77.2 Å². The normalized spacial score (nSPS) is 12.9. The molecule has 9 aromatic carbocycles. The van der Waals surface area contributed by atoms with E-state index in [0.29, 0.717) is 5.56 Å². The molecule has 0 atom stereocenters. The summed E-state index contributed by atoms with van der Waals surface area (Å²) in [5, 5.41) is 15.1. The van der Waals surface area contributed by atoms with Crippen molar-refractivity contribution >= 4 is 43.6 Å². The zero-order valence-corrected chi connectivity index (χ0v) is 32.0. The molecule has 0 spiro atoms. The van der Waals surface area contributed by atoms with Gasteiger partial charge in [-0.05, 0) is 111 Å². The summed E-state index contributed by atoms with van der Waals surface area (Å²) in [7, 11) is 0. The van der Waals surface area contributed by atoms with Gasteiger partial charge in [0.25, 0.3) is 0 Å². The molecule has 12 rings (SSSR count). The highest BCUT2D eigenvalue weighted by Gasteiger charge is 2.46. The van der Waals surface area contributed by atoms with Crippen LogP contribution in [0.5, 0.6) is 0 Å². The summed E-state index contributed by atoms with van der Waals surface area (Å²) >= 11 is 0. The predicted octanol–water partition coefficient (Wildman–Crippen LogP) is 13.8. The zero-order valence-electron chi connectivity index (χ0n) is 32.0. The Morgan fingerprint density at radius 3 is 1.54 bits per heavy atom. The second kappa shape index (κ2) is 12.8. The molecule has 0 saturated heterocycles. The summed E-state index contributed by atoms with van der Waals surface area (Å²) in [5.41, 5.74) is 16.4. The third-order valence-electron chi connectivity index (χ3n) is 12.6. The van der Waals surface area contributed by atoms with Crippen LogP contribution >= 0.6 is 0 Å². The largest absolute Gasteiger partial charge is 0.309 e. The molecule has 0 bridgehead atoms. The van der Waals surface area contributed by atoms with E-state index in [-0.39, 0.29) is 0 Å². The third-order valence-corrected chi connectivity index (χ3v) is 12.6. The van der Waals surface area contributed by atoms with Crippen LogP contribution < -0.4 is 0 Å². The average Bonchev–Trinajstić information content (AvgIpc) is 3.93. The molecule has 0 aliphatic heterocycles. The van der Waals surface area contributed by atoms with Gasteiger partial charge in [0.15, 0.2) is 0 Å². The van der Waals surface area contributed by atoms with Crippen LogP contribution in [-0.4, -0.2) is 9.13 Å². The molecule has 59 heavy (non-hydrogen) atoms. The molecule has 2 aromatic heterocycles.